The first-order valence-electron chi connectivity index (χ1n) is 43.7. The van der Waals surface area contributed by atoms with E-state index in [9.17, 15) is 43.2 Å². The molecule has 0 heterocycles. The molecule has 0 saturated carbocycles. The zero-order valence-electron chi connectivity index (χ0n) is 68.7. The van der Waals surface area contributed by atoms with E-state index in [1.807, 2.05) is 0 Å². The van der Waals surface area contributed by atoms with Gasteiger partial charge in [0.2, 0.25) is 0 Å². The number of rotatable bonds is 82. The van der Waals surface area contributed by atoms with Gasteiger partial charge in [0.25, 0.3) is 0 Å². The molecule has 0 rings (SSSR count). The van der Waals surface area contributed by atoms with Crippen LogP contribution in [-0.2, 0) is 65.4 Å². The molecule has 618 valence electrons. The van der Waals surface area contributed by atoms with Crippen LogP contribution in [0.5, 0.6) is 0 Å². The van der Waals surface area contributed by atoms with Crippen molar-refractivity contribution in [3.63, 3.8) is 0 Å². The van der Waals surface area contributed by atoms with Gasteiger partial charge in [-0.3, -0.25) is 37.3 Å². The Bertz CT molecular complexity index is 2030. The van der Waals surface area contributed by atoms with E-state index in [2.05, 4.69) is 55.4 Å². The number of hydrogen-bond acceptors (Lipinski definition) is 15. The van der Waals surface area contributed by atoms with Crippen LogP contribution in [0.15, 0.2) is 0 Å². The van der Waals surface area contributed by atoms with E-state index >= 15 is 0 Å². The molecule has 0 aliphatic heterocycles. The van der Waals surface area contributed by atoms with Gasteiger partial charge in [-0.1, -0.05) is 389 Å². The van der Waals surface area contributed by atoms with Gasteiger partial charge in [-0.2, -0.15) is 0 Å². The Morgan fingerprint density at radius 1 is 0.269 bits per heavy atom. The van der Waals surface area contributed by atoms with Gasteiger partial charge in [-0.25, -0.2) is 9.13 Å². The van der Waals surface area contributed by atoms with Gasteiger partial charge in [-0.15, -0.1) is 0 Å². The van der Waals surface area contributed by atoms with E-state index in [1.165, 1.54) is 238 Å². The SMILES string of the molecule is CCC(C)CCCCCCCCCCCCCCCCC(=O)O[C@H](COC(=O)CCCCCCCCCCCCCCCCCCCCC(C)C)COP(=O)(O)OCC(O)COP(=O)(O)OC[C@@H](COC(=O)CCCCCCCCCC(C)C)OC(=O)CCCCCCCCCCCCCCC(C)C. The number of aliphatic hydroxyl groups is 1. The van der Waals surface area contributed by atoms with Crippen molar-refractivity contribution in [2.45, 2.75) is 459 Å². The first kappa shape index (κ1) is 102. The van der Waals surface area contributed by atoms with Crippen LogP contribution in [0, 0.1) is 23.7 Å². The van der Waals surface area contributed by atoms with Crippen molar-refractivity contribution in [2.24, 2.45) is 23.7 Å². The number of carbonyl (C=O) groups excluding carboxylic acids is 4. The predicted octanol–water partition coefficient (Wildman–Crippen LogP) is 25.6. The monoisotopic (exact) mass is 1520 g/mol. The second-order valence-corrected chi connectivity index (χ2v) is 35.2. The number of unbranched alkanes of at least 4 members (excludes halogenated alkanes) is 47. The third kappa shape index (κ3) is 76.8. The zero-order chi connectivity index (χ0) is 76.7. The average molecular weight is 1520 g/mol. The van der Waals surface area contributed by atoms with E-state index in [4.69, 9.17) is 37.0 Å². The number of esters is 4. The number of aliphatic hydroxyl groups excluding tert-OH is 1. The molecule has 0 aromatic carbocycles. The topological polar surface area (TPSA) is 237 Å². The summed E-state index contributed by atoms with van der Waals surface area (Å²) in [5.41, 5.74) is 0. The highest BCUT2D eigenvalue weighted by atomic mass is 31.2. The number of carbonyl (C=O) groups is 4. The molecule has 0 aliphatic carbocycles. The highest BCUT2D eigenvalue weighted by Crippen LogP contribution is 2.45. The van der Waals surface area contributed by atoms with Gasteiger partial charge < -0.3 is 33.8 Å². The molecule has 0 aliphatic rings. The van der Waals surface area contributed by atoms with Gasteiger partial charge in [0.1, 0.15) is 19.3 Å². The first-order valence-corrected chi connectivity index (χ1v) is 46.7. The van der Waals surface area contributed by atoms with Crippen molar-refractivity contribution < 1.29 is 80.2 Å². The van der Waals surface area contributed by atoms with E-state index < -0.39 is 97.5 Å². The summed E-state index contributed by atoms with van der Waals surface area (Å²) in [6.45, 7) is 14.3. The number of hydrogen-bond donors (Lipinski definition) is 3. The van der Waals surface area contributed by atoms with E-state index in [-0.39, 0.29) is 25.7 Å². The predicted molar refractivity (Wildman–Crippen MR) is 428 cm³/mol. The summed E-state index contributed by atoms with van der Waals surface area (Å²) in [4.78, 5) is 73.2. The number of phosphoric ester groups is 2. The van der Waals surface area contributed by atoms with Crippen molar-refractivity contribution in [3.05, 3.63) is 0 Å². The highest BCUT2D eigenvalue weighted by Gasteiger charge is 2.30. The van der Waals surface area contributed by atoms with Crippen molar-refractivity contribution in [1.82, 2.24) is 0 Å². The second kappa shape index (κ2) is 73.8. The molecule has 0 radical (unpaired) electrons. The van der Waals surface area contributed by atoms with Gasteiger partial charge >= 0.3 is 39.5 Å². The molecule has 3 N–H and O–H groups in total. The first-order chi connectivity index (χ1) is 50.1. The number of ether oxygens (including phenoxy) is 4. The minimum Gasteiger partial charge on any atom is -0.462 e. The minimum atomic E-state index is -4.97. The maximum absolute atomic E-state index is 13.1. The standard InChI is InChI=1S/C85H166O17P2/c1-9-78(8)64-56-48-40-32-26-19-16-17-21-28-34-42-51-59-67-84(89)101-80(71-95-82(87)65-57-49-41-33-27-20-15-13-11-10-12-14-18-24-30-37-45-53-61-75(2)3)73-99-103(91,92)97-69-79(86)70-98-104(93,94)100-74-81(72-96-83(88)66-58-50-44-36-39-47-55-63-77(6)7)102-85(90)68-60-52-43-35-29-23-22-25-31-38-46-54-62-76(4)5/h75-81,86H,9-74H2,1-8H3,(H,91,92)(H,93,94)/t78?,79?,80-,81-/m1/s1. The van der Waals surface area contributed by atoms with Crippen molar-refractivity contribution in [2.75, 3.05) is 39.6 Å². The molecule has 0 fully saturated rings. The summed E-state index contributed by atoms with van der Waals surface area (Å²) >= 11 is 0. The summed E-state index contributed by atoms with van der Waals surface area (Å²) in [5.74, 6) is 1.04. The molecule has 17 nitrogen and oxygen atoms in total. The molecule has 0 amide bonds. The van der Waals surface area contributed by atoms with Crippen LogP contribution >= 0.6 is 15.6 Å². The van der Waals surface area contributed by atoms with Crippen LogP contribution in [0.3, 0.4) is 0 Å². The molecule has 0 spiro atoms. The van der Waals surface area contributed by atoms with Crippen LogP contribution in [-0.4, -0.2) is 96.7 Å². The molecule has 6 atom stereocenters. The van der Waals surface area contributed by atoms with E-state index in [0.717, 1.165) is 114 Å². The second-order valence-electron chi connectivity index (χ2n) is 32.2. The summed E-state index contributed by atoms with van der Waals surface area (Å²) in [7, 11) is -9.93. The molecule has 19 heteroatoms. The molecule has 0 aromatic rings. The Balaban J connectivity index is 5.23. The Kier molecular flexibility index (Phi) is 72.5. The van der Waals surface area contributed by atoms with E-state index in [1.54, 1.807) is 0 Å². The van der Waals surface area contributed by atoms with Gasteiger partial charge in [-0.05, 0) is 49.4 Å². The van der Waals surface area contributed by atoms with Crippen LogP contribution in [0.1, 0.15) is 441 Å². The third-order valence-electron chi connectivity index (χ3n) is 20.2. The Morgan fingerprint density at radius 2 is 0.462 bits per heavy atom. The minimum absolute atomic E-state index is 0.106. The fraction of sp³-hybridized carbons (Fsp3) is 0.953. The molecule has 0 aromatic heterocycles. The quantitative estimate of drug-likeness (QED) is 0.0222. The third-order valence-corrected chi connectivity index (χ3v) is 22.1. The summed E-state index contributed by atoms with van der Waals surface area (Å²) in [5, 5.41) is 10.7. The largest absolute Gasteiger partial charge is 0.472 e. The lowest BCUT2D eigenvalue weighted by Crippen LogP contribution is -2.30. The zero-order valence-corrected chi connectivity index (χ0v) is 70.5. The van der Waals surface area contributed by atoms with Crippen molar-refractivity contribution in [1.29, 1.82) is 0 Å². The fourth-order valence-corrected chi connectivity index (χ4v) is 14.7. The van der Waals surface area contributed by atoms with Gasteiger partial charge in [0.15, 0.2) is 12.2 Å². The van der Waals surface area contributed by atoms with Crippen molar-refractivity contribution >= 4 is 39.5 Å². The lowest BCUT2D eigenvalue weighted by Gasteiger charge is -2.21. The summed E-state index contributed by atoms with van der Waals surface area (Å²) in [6.07, 6.45) is 62.5. The smallest absolute Gasteiger partial charge is 0.462 e. The molecular formula is C85H166O17P2. The Labute approximate surface area is 638 Å². The van der Waals surface area contributed by atoms with Gasteiger partial charge in [0, 0.05) is 25.7 Å². The molecule has 104 heavy (non-hydrogen) atoms. The number of phosphoric acid groups is 2. The van der Waals surface area contributed by atoms with Gasteiger partial charge in [0.05, 0.1) is 26.4 Å². The summed E-state index contributed by atoms with van der Waals surface area (Å²) in [6, 6.07) is 0. The Morgan fingerprint density at radius 3 is 0.683 bits per heavy atom. The van der Waals surface area contributed by atoms with Crippen LogP contribution < -0.4 is 0 Å². The normalized spacial score (nSPS) is 14.2. The lowest BCUT2D eigenvalue weighted by molar-refractivity contribution is -0.161. The lowest BCUT2D eigenvalue weighted by atomic mass is 9.99. The van der Waals surface area contributed by atoms with Crippen LogP contribution in [0.25, 0.3) is 0 Å². The molecule has 0 saturated heterocycles. The molecular weight excluding hydrogens is 1350 g/mol. The van der Waals surface area contributed by atoms with Crippen LogP contribution in [0.4, 0.5) is 0 Å². The Hall–Kier alpha value is -1.94. The van der Waals surface area contributed by atoms with Crippen molar-refractivity contribution in [3.8, 4) is 0 Å². The average Bonchev–Trinajstić information content (AvgIpc) is 0.903. The molecule has 0 bridgehead atoms. The fourth-order valence-electron chi connectivity index (χ4n) is 13.1. The maximum atomic E-state index is 13.1. The summed E-state index contributed by atoms with van der Waals surface area (Å²) < 4.78 is 68.8. The maximum Gasteiger partial charge on any atom is 0.472 e. The highest BCUT2D eigenvalue weighted by molar-refractivity contribution is 7.47. The van der Waals surface area contributed by atoms with Crippen LogP contribution in [0.2, 0.25) is 0 Å². The van der Waals surface area contributed by atoms with E-state index in [0.29, 0.717) is 31.6 Å². The molecule has 4 unspecified atom stereocenters.